The summed E-state index contributed by atoms with van der Waals surface area (Å²) in [6.07, 6.45) is 10.2. The molecule has 1 aliphatic rings. The quantitative estimate of drug-likeness (QED) is 0.490. The van der Waals surface area contributed by atoms with Gasteiger partial charge in [0.1, 0.15) is 0 Å². The zero-order chi connectivity index (χ0) is 8.10. The molecule has 0 heterocycles. The van der Waals surface area contributed by atoms with Crippen LogP contribution < -0.4 is 0 Å². The Labute approximate surface area is 73.3 Å². The van der Waals surface area contributed by atoms with Crippen molar-refractivity contribution in [1.29, 1.82) is 0 Å². The van der Waals surface area contributed by atoms with Gasteiger partial charge in [-0.25, -0.2) is 0 Å². The lowest BCUT2D eigenvalue weighted by Crippen LogP contribution is -2.09. The molecule has 0 spiro atoms. The number of rotatable bonds is 0. The summed E-state index contributed by atoms with van der Waals surface area (Å²) in [4.78, 5) is 0. The highest BCUT2D eigenvalue weighted by Gasteiger charge is 2.12. The fourth-order valence-corrected chi connectivity index (χ4v) is 2.30. The fourth-order valence-electron chi connectivity index (χ4n) is 1.88. The molecule has 0 aromatic carbocycles. The summed E-state index contributed by atoms with van der Waals surface area (Å²) in [6, 6.07) is 0. The Morgan fingerprint density at radius 1 is 0.909 bits per heavy atom. The first-order valence-corrected chi connectivity index (χ1v) is 5.73. The fraction of sp³-hybridized carbons (Fsp3) is 1.00. The molecule has 0 bridgehead atoms. The molecule has 0 aromatic heterocycles. The first-order valence-electron chi connectivity index (χ1n) is 5.06. The molecule has 1 saturated carbocycles. The Balaban J connectivity index is 2.29. The maximum atomic E-state index is 3.02. The molecular formula is C10H21P. The van der Waals surface area contributed by atoms with Crippen molar-refractivity contribution in [3.63, 3.8) is 0 Å². The third kappa shape index (κ3) is 3.56. The van der Waals surface area contributed by atoms with E-state index >= 15 is 0 Å². The van der Waals surface area contributed by atoms with E-state index < -0.39 is 0 Å². The summed E-state index contributed by atoms with van der Waals surface area (Å²) in [7, 11) is 3.02. The average molecular weight is 172 g/mol. The molecule has 3 atom stereocenters. The molecule has 0 aliphatic heterocycles. The Kier molecular flexibility index (Phi) is 4.45. The normalized spacial score (nSPS) is 35.5. The van der Waals surface area contributed by atoms with E-state index in [1.54, 1.807) is 0 Å². The minimum Gasteiger partial charge on any atom is -0.134 e. The lowest BCUT2D eigenvalue weighted by molar-refractivity contribution is 0.477. The van der Waals surface area contributed by atoms with Crippen LogP contribution >= 0.6 is 9.24 Å². The molecule has 0 radical (unpaired) electrons. The standard InChI is InChI=1S/C10H21P/c1-9-7-5-3-2-4-6-8-10(9)11/h9-10H,2-8,11H2,1H3. The first-order chi connectivity index (χ1) is 5.30. The number of hydrogen-bond acceptors (Lipinski definition) is 0. The maximum absolute atomic E-state index is 3.02. The second-order valence-corrected chi connectivity index (χ2v) is 4.84. The van der Waals surface area contributed by atoms with Crippen LogP contribution in [0.4, 0.5) is 0 Å². The van der Waals surface area contributed by atoms with E-state index in [4.69, 9.17) is 0 Å². The lowest BCUT2D eigenvalue weighted by atomic mass is 9.99. The Hall–Kier alpha value is 0.430. The predicted molar refractivity (Wildman–Crippen MR) is 55.0 cm³/mol. The van der Waals surface area contributed by atoms with Crippen LogP contribution in [0.25, 0.3) is 0 Å². The summed E-state index contributed by atoms with van der Waals surface area (Å²) >= 11 is 0. The van der Waals surface area contributed by atoms with Gasteiger partial charge in [0.05, 0.1) is 0 Å². The molecule has 0 N–H and O–H groups in total. The SMILES string of the molecule is CC1CCCCCCCC1P. The van der Waals surface area contributed by atoms with Crippen molar-refractivity contribution in [3.05, 3.63) is 0 Å². The third-order valence-electron chi connectivity index (χ3n) is 2.93. The van der Waals surface area contributed by atoms with E-state index in [0.717, 1.165) is 11.6 Å². The average Bonchev–Trinajstić information content (AvgIpc) is 2.07. The molecule has 0 aromatic rings. The summed E-state index contributed by atoms with van der Waals surface area (Å²) in [5.41, 5.74) is 0.896. The van der Waals surface area contributed by atoms with Crippen LogP contribution in [-0.2, 0) is 0 Å². The van der Waals surface area contributed by atoms with Crippen LogP contribution in [0.1, 0.15) is 51.9 Å². The van der Waals surface area contributed by atoms with Crippen molar-refractivity contribution in [1.82, 2.24) is 0 Å². The second kappa shape index (κ2) is 5.14. The largest absolute Gasteiger partial charge is 0.134 e. The molecule has 1 fully saturated rings. The van der Waals surface area contributed by atoms with Crippen LogP contribution in [0.5, 0.6) is 0 Å². The minimum absolute atomic E-state index is 0.896. The van der Waals surface area contributed by atoms with Crippen molar-refractivity contribution < 1.29 is 0 Å². The third-order valence-corrected chi connectivity index (χ3v) is 3.92. The predicted octanol–water partition coefficient (Wildman–Crippen LogP) is 3.61. The van der Waals surface area contributed by atoms with Gasteiger partial charge in [-0.3, -0.25) is 0 Å². The smallest absolute Gasteiger partial charge is 0.0238 e. The van der Waals surface area contributed by atoms with Gasteiger partial charge in [0.2, 0.25) is 0 Å². The Bertz CT molecular complexity index is 89.0. The van der Waals surface area contributed by atoms with Crippen molar-refractivity contribution in [2.24, 2.45) is 5.92 Å². The highest BCUT2D eigenvalue weighted by Crippen LogP contribution is 2.26. The van der Waals surface area contributed by atoms with E-state index in [2.05, 4.69) is 16.2 Å². The van der Waals surface area contributed by atoms with Gasteiger partial charge in [-0.2, -0.15) is 0 Å². The molecule has 1 heteroatoms. The highest BCUT2D eigenvalue weighted by molar-refractivity contribution is 7.17. The van der Waals surface area contributed by atoms with Crippen molar-refractivity contribution in [3.8, 4) is 0 Å². The highest BCUT2D eigenvalue weighted by atomic mass is 31.0. The summed E-state index contributed by atoms with van der Waals surface area (Å²) in [5, 5.41) is 0. The van der Waals surface area contributed by atoms with Crippen molar-refractivity contribution in [2.45, 2.75) is 57.5 Å². The van der Waals surface area contributed by atoms with Crippen LogP contribution in [0.2, 0.25) is 0 Å². The molecule has 1 aliphatic carbocycles. The van der Waals surface area contributed by atoms with Gasteiger partial charge in [0.15, 0.2) is 0 Å². The van der Waals surface area contributed by atoms with Gasteiger partial charge < -0.3 is 0 Å². The van der Waals surface area contributed by atoms with Crippen LogP contribution in [0.3, 0.4) is 0 Å². The molecule has 0 nitrogen and oxygen atoms in total. The van der Waals surface area contributed by atoms with Crippen LogP contribution in [0, 0.1) is 5.92 Å². The molecule has 3 unspecified atom stereocenters. The molecule has 66 valence electrons. The van der Waals surface area contributed by atoms with Crippen LogP contribution in [-0.4, -0.2) is 5.66 Å². The zero-order valence-electron chi connectivity index (χ0n) is 7.68. The van der Waals surface area contributed by atoms with Crippen molar-refractivity contribution >= 4 is 9.24 Å². The van der Waals surface area contributed by atoms with Crippen LogP contribution in [0.15, 0.2) is 0 Å². The molecule has 11 heavy (non-hydrogen) atoms. The molecule has 1 rings (SSSR count). The Morgan fingerprint density at radius 2 is 1.45 bits per heavy atom. The van der Waals surface area contributed by atoms with Gasteiger partial charge in [-0.05, 0) is 18.0 Å². The van der Waals surface area contributed by atoms with Gasteiger partial charge in [-0.1, -0.05) is 45.4 Å². The molecule has 0 saturated heterocycles. The van der Waals surface area contributed by atoms with Gasteiger partial charge in [0, 0.05) is 0 Å². The van der Waals surface area contributed by atoms with E-state index in [0.29, 0.717) is 0 Å². The Morgan fingerprint density at radius 3 is 2.18 bits per heavy atom. The summed E-state index contributed by atoms with van der Waals surface area (Å²) in [5.74, 6) is 0.943. The van der Waals surface area contributed by atoms with E-state index in [1.807, 2.05) is 0 Å². The van der Waals surface area contributed by atoms with E-state index in [9.17, 15) is 0 Å². The zero-order valence-corrected chi connectivity index (χ0v) is 8.84. The molecular weight excluding hydrogens is 151 g/mol. The van der Waals surface area contributed by atoms with E-state index in [1.165, 1.54) is 44.9 Å². The summed E-state index contributed by atoms with van der Waals surface area (Å²) in [6.45, 7) is 2.41. The topological polar surface area (TPSA) is 0 Å². The first kappa shape index (κ1) is 9.52. The number of hydrogen-bond donors (Lipinski definition) is 0. The van der Waals surface area contributed by atoms with E-state index in [-0.39, 0.29) is 0 Å². The lowest BCUT2D eigenvalue weighted by Gasteiger charge is -2.17. The maximum Gasteiger partial charge on any atom is -0.0238 e. The van der Waals surface area contributed by atoms with Gasteiger partial charge in [-0.15, -0.1) is 9.24 Å². The monoisotopic (exact) mass is 172 g/mol. The minimum atomic E-state index is 0.896. The molecule has 0 amide bonds. The van der Waals surface area contributed by atoms with Gasteiger partial charge in [0.25, 0.3) is 0 Å². The summed E-state index contributed by atoms with van der Waals surface area (Å²) < 4.78 is 0. The second-order valence-electron chi connectivity index (χ2n) is 3.99. The van der Waals surface area contributed by atoms with Crippen molar-refractivity contribution in [2.75, 3.05) is 0 Å². The van der Waals surface area contributed by atoms with Gasteiger partial charge >= 0.3 is 0 Å².